The molecule has 1 rings (SSSR count). The molecule has 0 spiro atoms. The van der Waals surface area contributed by atoms with Crippen molar-refractivity contribution in [1.82, 2.24) is 10.2 Å². The summed E-state index contributed by atoms with van der Waals surface area (Å²) in [5.74, 6) is -1.58. The van der Waals surface area contributed by atoms with E-state index in [1.165, 1.54) is 18.7 Å². The Bertz CT molecular complexity index is 388. The molecule has 2 N–H and O–H groups in total. The summed E-state index contributed by atoms with van der Waals surface area (Å²) >= 11 is 0. The first-order valence-corrected chi connectivity index (χ1v) is 6.61. The first-order chi connectivity index (χ1) is 8.74. The number of carbonyl (C=O) groups is 3. The van der Waals surface area contributed by atoms with E-state index in [-0.39, 0.29) is 24.3 Å². The van der Waals surface area contributed by atoms with Gasteiger partial charge in [0.15, 0.2) is 0 Å². The molecular formula is C13H22N2O4. The Morgan fingerprint density at radius 2 is 1.95 bits per heavy atom. The quantitative estimate of drug-likeness (QED) is 0.696. The number of imide groups is 1. The van der Waals surface area contributed by atoms with Crippen LogP contribution in [0.15, 0.2) is 0 Å². The van der Waals surface area contributed by atoms with Gasteiger partial charge in [-0.15, -0.1) is 0 Å². The Morgan fingerprint density at radius 1 is 1.42 bits per heavy atom. The molecule has 108 valence electrons. The first kappa shape index (κ1) is 15.6. The van der Waals surface area contributed by atoms with E-state index >= 15 is 0 Å². The van der Waals surface area contributed by atoms with Crippen molar-refractivity contribution >= 4 is 17.8 Å². The number of likely N-dealkylation sites (tertiary alicyclic amines) is 1. The van der Waals surface area contributed by atoms with Crippen LogP contribution in [0.3, 0.4) is 0 Å². The highest BCUT2D eigenvalue weighted by molar-refractivity contribution is 6.06. The van der Waals surface area contributed by atoms with Crippen molar-refractivity contribution in [3.8, 4) is 0 Å². The van der Waals surface area contributed by atoms with Gasteiger partial charge in [0.05, 0.1) is 12.5 Å². The van der Waals surface area contributed by atoms with E-state index in [4.69, 9.17) is 5.11 Å². The maximum atomic E-state index is 12.2. The van der Waals surface area contributed by atoms with Crippen LogP contribution in [0.1, 0.15) is 47.0 Å². The molecule has 0 aromatic rings. The molecule has 0 saturated carbocycles. The van der Waals surface area contributed by atoms with E-state index < -0.39 is 17.6 Å². The number of rotatable bonds is 6. The molecular weight excluding hydrogens is 248 g/mol. The first-order valence-electron chi connectivity index (χ1n) is 6.61. The van der Waals surface area contributed by atoms with Crippen molar-refractivity contribution in [2.45, 2.75) is 64.6 Å². The Hall–Kier alpha value is -1.43. The molecule has 2 amide bonds. The molecule has 6 heteroatoms. The van der Waals surface area contributed by atoms with Gasteiger partial charge in [-0.05, 0) is 26.7 Å². The molecule has 19 heavy (non-hydrogen) atoms. The van der Waals surface area contributed by atoms with Gasteiger partial charge in [-0.2, -0.15) is 0 Å². The topological polar surface area (TPSA) is 86.7 Å². The van der Waals surface area contributed by atoms with Crippen LogP contribution < -0.4 is 5.32 Å². The molecule has 1 aliphatic heterocycles. The highest BCUT2D eigenvalue weighted by atomic mass is 16.4. The van der Waals surface area contributed by atoms with E-state index in [0.717, 1.165) is 0 Å². The lowest BCUT2D eigenvalue weighted by molar-refractivity contribution is -0.144. The third-order valence-corrected chi connectivity index (χ3v) is 3.56. The van der Waals surface area contributed by atoms with Gasteiger partial charge in [-0.25, -0.2) is 0 Å². The van der Waals surface area contributed by atoms with Crippen molar-refractivity contribution < 1.29 is 19.5 Å². The fourth-order valence-corrected chi connectivity index (χ4v) is 2.30. The van der Waals surface area contributed by atoms with Crippen molar-refractivity contribution in [1.29, 1.82) is 0 Å². The summed E-state index contributed by atoms with van der Waals surface area (Å²) in [4.78, 5) is 36.5. The number of aliphatic carboxylic acids is 1. The van der Waals surface area contributed by atoms with Gasteiger partial charge >= 0.3 is 5.97 Å². The summed E-state index contributed by atoms with van der Waals surface area (Å²) in [5, 5.41) is 11.8. The average Bonchev–Trinajstić information content (AvgIpc) is 2.57. The Balaban J connectivity index is 2.84. The molecule has 1 aliphatic rings. The molecule has 6 nitrogen and oxygen atoms in total. The highest BCUT2D eigenvalue weighted by Crippen LogP contribution is 2.21. The SMILES string of the molecule is CCC(CC)N1C(=O)CC(NC(C)(C)C(=O)O)C1=O. The lowest BCUT2D eigenvalue weighted by Gasteiger charge is -2.27. The zero-order chi connectivity index (χ0) is 14.8. The summed E-state index contributed by atoms with van der Waals surface area (Å²) in [6, 6.07) is -0.834. The molecule has 1 fully saturated rings. The normalized spacial score (nSPS) is 20.5. The molecule has 0 radical (unpaired) electrons. The van der Waals surface area contributed by atoms with Crippen LogP contribution in [0.25, 0.3) is 0 Å². The predicted octanol–water partition coefficient (Wildman–Crippen LogP) is 0.755. The van der Waals surface area contributed by atoms with Crippen LogP contribution in [0, 0.1) is 0 Å². The zero-order valence-electron chi connectivity index (χ0n) is 11.9. The maximum absolute atomic E-state index is 12.2. The number of carboxylic acids is 1. The van der Waals surface area contributed by atoms with Crippen molar-refractivity contribution in [3.05, 3.63) is 0 Å². The fraction of sp³-hybridized carbons (Fsp3) is 0.769. The van der Waals surface area contributed by atoms with Crippen LogP contribution in [-0.2, 0) is 14.4 Å². The summed E-state index contributed by atoms with van der Waals surface area (Å²) in [6.07, 6.45) is 1.46. The summed E-state index contributed by atoms with van der Waals surface area (Å²) in [6.45, 7) is 6.81. The predicted molar refractivity (Wildman–Crippen MR) is 69.5 cm³/mol. The van der Waals surface area contributed by atoms with Gasteiger partial charge in [0.1, 0.15) is 5.54 Å². The molecule has 1 saturated heterocycles. The Morgan fingerprint density at radius 3 is 2.37 bits per heavy atom. The second-order valence-corrected chi connectivity index (χ2v) is 5.40. The Kier molecular flexibility index (Phi) is 4.68. The Labute approximate surface area is 113 Å². The van der Waals surface area contributed by atoms with Gasteiger partial charge < -0.3 is 5.11 Å². The van der Waals surface area contributed by atoms with E-state index in [0.29, 0.717) is 12.8 Å². The van der Waals surface area contributed by atoms with E-state index in [9.17, 15) is 14.4 Å². The highest BCUT2D eigenvalue weighted by Gasteiger charge is 2.44. The minimum Gasteiger partial charge on any atom is -0.480 e. The maximum Gasteiger partial charge on any atom is 0.323 e. The average molecular weight is 270 g/mol. The van der Waals surface area contributed by atoms with Gasteiger partial charge in [-0.3, -0.25) is 24.6 Å². The van der Waals surface area contributed by atoms with E-state index in [1.54, 1.807) is 0 Å². The van der Waals surface area contributed by atoms with Crippen LogP contribution >= 0.6 is 0 Å². The van der Waals surface area contributed by atoms with Crippen LogP contribution in [0.4, 0.5) is 0 Å². The number of carboxylic acid groups (broad SMARTS) is 1. The van der Waals surface area contributed by atoms with Gasteiger partial charge in [0, 0.05) is 6.04 Å². The molecule has 0 aliphatic carbocycles. The minimum atomic E-state index is -1.23. The van der Waals surface area contributed by atoms with Crippen LogP contribution in [0.5, 0.6) is 0 Å². The summed E-state index contributed by atoms with van der Waals surface area (Å²) in [5.41, 5.74) is -1.23. The molecule has 1 unspecified atom stereocenters. The van der Waals surface area contributed by atoms with Gasteiger partial charge in [0.2, 0.25) is 11.8 Å². The number of amides is 2. The fourth-order valence-electron chi connectivity index (χ4n) is 2.30. The third kappa shape index (κ3) is 3.12. The summed E-state index contributed by atoms with van der Waals surface area (Å²) in [7, 11) is 0. The second-order valence-electron chi connectivity index (χ2n) is 5.40. The van der Waals surface area contributed by atoms with Crippen LogP contribution in [-0.4, -0.2) is 45.4 Å². The van der Waals surface area contributed by atoms with E-state index in [1.807, 2.05) is 13.8 Å². The lowest BCUT2D eigenvalue weighted by atomic mass is 10.0. The zero-order valence-corrected chi connectivity index (χ0v) is 11.9. The second kappa shape index (κ2) is 5.69. The van der Waals surface area contributed by atoms with Crippen molar-refractivity contribution in [2.75, 3.05) is 0 Å². The van der Waals surface area contributed by atoms with E-state index in [2.05, 4.69) is 5.32 Å². The van der Waals surface area contributed by atoms with Gasteiger partial charge in [-0.1, -0.05) is 13.8 Å². The third-order valence-electron chi connectivity index (χ3n) is 3.56. The van der Waals surface area contributed by atoms with Crippen molar-refractivity contribution in [2.24, 2.45) is 0 Å². The molecule has 0 aromatic heterocycles. The van der Waals surface area contributed by atoms with Crippen molar-refractivity contribution in [3.63, 3.8) is 0 Å². The molecule has 0 aromatic carbocycles. The van der Waals surface area contributed by atoms with Crippen LogP contribution in [0.2, 0.25) is 0 Å². The summed E-state index contributed by atoms with van der Waals surface area (Å²) < 4.78 is 0. The molecule has 1 heterocycles. The number of nitrogens with one attached hydrogen (secondary N) is 1. The largest absolute Gasteiger partial charge is 0.480 e. The smallest absolute Gasteiger partial charge is 0.323 e. The monoisotopic (exact) mass is 270 g/mol. The number of hydrogen-bond donors (Lipinski definition) is 2. The van der Waals surface area contributed by atoms with Gasteiger partial charge in [0.25, 0.3) is 0 Å². The number of nitrogens with zero attached hydrogens (tertiary/aromatic N) is 1. The standard InChI is InChI=1S/C13H22N2O4/c1-5-8(6-2)15-10(16)7-9(11(15)17)14-13(3,4)12(18)19/h8-9,14H,5-7H2,1-4H3,(H,18,19). The number of carbonyl (C=O) groups excluding carboxylic acids is 2. The lowest BCUT2D eigenvalue weighted by Crippen LogP contribution is -2.54. The number of hydrogen-bond acceptors (Lipinski definition) is 4. The molecule has 1 atom stereocenters. The minimum absolute atomic E-state index is 0.0338. The molecule has 0 bridgehead atoms.